The van der Waals surface area contributed by atoms with Crippen molar-refractivity contribution in [1.82, 2.24) is 0 Å². The third-order valence-electron chi connectivity index (χ3n) is 5.19. The molecule has 0 bridgehead atoms. The molecule has 0 spiro atoms. The van der Waals surface area contributed by atoms with Crippen LogP contribution in [0.25, 0.3) is 0 Å². The van der Waals surface area contributed by atoms with Gasteiger partial charge in [0.15, 0.2) is 0 Å². The first kappa shape index (κ1) is 30.7. The number of aliphatic hydroxyl groups is 1. The van der Waals surface area contributed by atoms with Gasteiger partial charge in [-0.15, -0.1) is 0 Å². The van der Waals surface area contributed by atoms with Gasteiger partial charge in [-0.05, 0) is 12.8 Å². The van der Waals surface area contributed by atoms with Crippen LogP contribution in [0.2, 0.25) is 0 Å². The smallest absolute Gasteiger partial charge is 0.387 e. The first-order valence-corrected chi connectivity index (χ1v) is 13.6. The van der Waals surface area contributed by atoms with Crippen molar-refractivity contribution in [3.8, 4) is 0 Å². The van der Waals surface area contributed by atoms with Gasteiger partial charge in [0.1, 0.15) is 13.2 Å². The van der Waals surface area contributed by atoms with Gasteiger partial charge in [-0.1, -0.05) is 83.3 Å². The Hall–Kier alpha value is -0.270. The maximum Gasteiger partial charge on any atom is 0.472 e. The molecule has 1 unspecified atom stereocenters. The van der Waals surface area contributed by atoms with Gasteiger partial charge in [-0.25, -0.2) is 4.57 Å². The molecule has 31 heavy (non-hydrogen) atoms. The van der Waals surface area contributed by atoms with Crippen LogP contribution in [0.4, 0.5) is 0 Å². The number of hydrogen-bond acceptors (Lipinski definition) is 5. The van der Waals surface area contributed by atoms with Gasteiger partial charge in [-0.2, -0.15) is 0 Å². The zero-order chi connectivity index (χ0) is 23.6. The van der Waals surface area contributed by atoms with Gasteiger partial charge < -0.3 is 20.2 Å². The van der Waals surface area contributed by atoms with E-state index >= 15 is 0 Å². The Balaban J connectivity index is 3.74. The number of hydrogen-bond donors (Lipinski definition) is 3. The molecule has 4 N–H and O–H groups in total. The number of phosphoric acid groups is 1. The van der Waals surface area contributed by atoms with E-state index in [1.54, 1.807) is 6.08 Å². The highest BCUT2D eigenvalue weighted by Crippen LogP contribution is 2.43. The van der Waals surface area contributed by atoms with E-state index in [1.807, 2.05) is 27.2 Å². The Morgan fingerprint density at radius 3 is 1.97 bits per heavy atom. The molecule has 0 aliphatic carbocycles. The second-order valence-electron chi connectivity index (χ2n) is 9.52. The number of unbranched alkanes of at least 4 members (excludes halogenated alkanes) is 11. The lowest BCUT2D eigenvalue weighted by Gasteiger charge is -2.24. The molecule has 0 aliphatic heterocycles. The van der Waals surface area contributed by atoms with E-state index < -0.39 is 20.0 Å². The minimum absolute atomic E-state index is 0.105. The third-order valence-corrected chi connectivity index (χ3v) is 6.18. The second kappa shape index (κ2) is 18.2. The summed E-state index contributed by atoms with van der Waals surface area (Å²) in [4.78, 5) is 9.69. The maximum atomic E-state index is 11.9. The Kier molecular flexibility index (Phi) is 18.0. The molecule has 0 aromatic carbocycles. The molecule has 0 amide bonds. The average molecular weight is 466 g/mol. The standard InChI is InChI=1S/C23H49N2O5P/c1-5-6-7-8-9-10-11-12-13-14-15-16-17-18-23(26)22(24)21-30-31(27,28)29-20-19-25(2,3)4/h17-18,22-23,26H,5-16,19-21,24H2,1-4H3/p+1/t22-,23-/m0/s1. The first-order chi connectivity index (χ1) is 14.6. The highest BCUT2D eigenvalue weighted by atomic mass is 31.2. The maximum absolute atomic E-state index is 11.9. The molecular formula is C23H50N2O5P+. The van der Waals surface area contributed by atoms with Crippen LogP contribution in [0.5, 0.6) is 0 Å². The summed E-state index contributed by atoms with van der Waals surface area (Å²) in [6.45, 7) is 2.68. The third kappa shape index (κ3) is 21.3. The molecule has 0 heterocycles. The van der Waals surface area contributed by atoms with Crippen LogP contribution in [0.3, 0.4) is 0 Å². The zero-order valence-electron chi connectivity index (χ0n) is 20.5. The number of quaternary nitrogens is 1. The van der Waals surface area contributed by atoms with Gasteiger partial charge in [0.2, 0.25) is 0 Å². The van der Waals surface area contributed by atoms with Crippen LogP contribution in [0.1, 0.15) is 84.0 Å². The summed E-state index contributed by atoms with van der Waals surface area (Å²) >= 11 is 0. The number of nitrogens with zero attached hydrogens (tertiary/aromatic N) is 1. The first-order valence-electron chi connectivity index (χ1n) is 12.1. The van der Waals surface area contributed by atoms with Gasteiger partial charge in [0.05, 0.1) is 39.9 Å². The van der Waals surface area contributed by atoms with E-state index in [9.17, 15) is 14.6 Å². The monoisotopic (exact) mass is 465 g/mol. The predicted molar refractivity (Wildman–Crippen MR) is 129 cm³/mol. The van der Waals surface area contributed by atoms with Crippen LogP contribution in [-0.4, -0.2) is 67.5 Å². The second-order valence-corrected chi connectivity index (χ2v) is 11.0. The lowest BCUT2D eigenvalue weighted by molar-refractivity contribution is -0.870. The van der Waals surface area contributed by atoms with Crippen molar-refractivity contribution in [3.05, 3.63) is 12.2 Å². The minimum Gasteiger partial charge on any atom is -0.387 e. The lowest BCUT2D eigenvalue weighted by atomic mass is 10.0. The van der Waals surface area contributed by atoms with E-state index in [1.165, 1.54) is 64.2 Å². The fourth-order valence-corrected chi connectivity index (χ4v) is 3.80. The van der Waals surface area contributed by atoms with Crippen molar-refractivity contribution in [2.45, 2.75) is 96.1 Å². The largest absolute Gasteiger partial charge is 0.472 e. The van der Waals surface area contributed by atoms with Crippen molar-refractivity contribution in [2.24, 2.45) is 5.73 Å². The highest BCUT2D eigenvalue weighted by Gasteiger charge is 2.25. The molecule has 0 aliphatic rings. The summed E-state index contributed by atoms with van der Waals surface area (Å²) in [5.74, 6) is 0. The van der Waals surface area contributed by atoms with Gasteiger partial charge in [0, 0.05) is 0 Å². The Morgan fingerprint density at radius 1 is 0.935 bits per heavy atom. The zero-order valence-corrected chi connectivity index (χ0v) is 21.4. The Bertz CT molecular complexity index is 497. The molecule has 3 atom stereocenters. The van der Waals surface area contributed by atoms with Crippen molar-refractivity contribution >= 4 is 7.82 Å². The number of phosphoric ester groups is 1. The van der Waals surface area contributed by atoms with Crippen LogP contribution in [0.15, 0.2) is 12.2 Å². The molecular weight excluding hydrogens is 415 g/mol. The van der Waals surface area contributed by atoms with Crippen LogP contribution >= 0.6 is 7.82 Å². The number of rotatable bonds is 21. The van der Waals surface area contributed by atoms with E-state index in [2.05, 4.69) is 6.92 Å². The Labute approximate surface area is 191 Å². The topological polar surface area (TPSA) is 102 Å². The number of nitrogens with two attached hydrogens (primary N) is 1. The molecule has 8 heteroatoms. The molecule has 0 radical (unpaired) electrons. The van der Waals surface area contributed by atoms with Crippen molar-refractivity contribution in [2.75, 3.05) is 40.9 Å². The molecule has 7 nitrogen and oxygen atoms in total. The van der Waals surface area contributed by atoms with Crippen molar-refractivity contribution < 1.29 is 28.1 Å². The minimum atomic E-state index is -4.16. The van der Waals surface area contributed by atoms with Gasteiger partial charge >= 0.3 is 7.82 Å². The van der Waals surface area contributed by atoms with E-state index in [-0.39, 0.29) is 13.2 Å². The molecule has 0 aromatic rings. The summed E-state index contributed by atoms with van der Waals surface area (Å²) in [6.07, 6.45) is 17.9. The SMILES string of the molecule is CCCCCCCCCCCCCC=C[C@H](O)[C@@H](N)COP(=O)(O)OCC[N+](C)(C)C. The number of allylic oxidation sites excluding steroid dienone is 1. The normalized spacial score (nSPS) is 16.5. The van der Waals surface area contributed by atoms with Crippen LogP contribution < -0.4 is 5.73 Å². The summed E-state index contributed by atoms with van der Waals surface area (Å²) in [7, 11) is 1.72. The predicted octanol–water partition coefficient (Wildman–Crippen LogP) is 4.77. The molecule has 0 fully saturated rings. The summed E-state index contributed by atoms with van der Waals surface area (Å²) in [5, 5.41) is 10.1. The Morgan fingerprint density at radius 2 is 1.45 bits per heavy atom. The number of aliphatic hydroxyl groups excluding tert-OH is 1. The molecule has 0 saturated heterocycles. The summed E-state index contributed by atoms with van der Waals surface area (Å²) in [5.41, 5.74) is 5.85. The van der Waals surface area contributed by atoms with E-state index in [0.717, 1.165) is 12.8 Å². The van der Waals surface area contributed by atoms with E-state index in [4.69, 9.17) is 14.8 Å². The number of likely N-dealkylation sites (N-methyl/N-ethyl adjacent to an activating group) is 1. The fourth-order valence-electron chi connectivity index (χ4n) is 3.05. The molecule has 0 rings (SSSR count). The van der Waals surface area contributed by atoms with Crippen molar-refractivity contribution in [1.29, 1.82) is 0 Å². The fraction of sp³-hybridized carbons (Fsp3) is 0.913. The van der Waals surface area contributed by atoms with Gasteiger partial charge in [0.25, 0.3) is 0 Å². The quantitative estimate of drug-likeness (QED) is 0.0977. The van der Waals surface area contributed by atoms with Crippen molar-refractivity contribution in [3.63, 3.8) is 0 Å². The molecule has 0 aromatic heterocycles. The summed E-state index contributed by atoms with van der Waals surface area (Å²) < 4.78 is 22.3. The highest BCUT2D eigenvalue weighted by molar-refractivity contribution is 7.47. The van der Waals surface area contributed by atoms with Gasteiger partial charge in [-0.3, -0.25) is 9.05 Å². The van der Waals surface area contributed by atoms with Crippen LogP contribution in [-0.2, 0) is 13.6 Å². The lowest BCUT2D eigenvalue weighted by Crippen LogP contribution is -2.38. The average Bonchev–Trinajstić information content (AvgIpc) is 2.68. The summed E-state index contributed by atoms with van der Waals surface area (Å²) in [6, 6.07) is -0.781. The van der Waals surface area contributed by atoms with Crippen LogP contribution in [0, 0.1) is 0 Å². The molecule has 186 valence electrons. The molecule has 0 saturated carbocycles. The van der Waals surface area contributed by atoms with E-state index in [0.29, 0.717) is 11.0 Å².